The minimum atomic E-state index is -0.324. The fourth-order valence-corrected chi connectivity index (χ4v) is 6.03. The molecular formula is C26H31FN4O2S. The summed E-state index contributed by atoms with van der Waals surface area (Å²) >= 11 is 1.76. The maximum Gasteiger partial charge on any atom is 0.236 e. The van der Waals surface area contributed by atoms with Gasteiger partial charge < -0.3 is 9.64 Å². The van der Waals surface area contributed by atoms with Gasteiger partial charge in [0.05, 0.1) is 28.9 Å². The molecule has 6 nitrogen and oxygen atoms in total. The predicted octanol–water partition coefficient (Wildman–Crippen LogP) is 3.97. The van der Waals surface area contributed by atoms with E-state index < -0.39 is 0 Å². The molecule has 1 amide bonds. The summed E-state index contributed by atoms with van der Waals surface area (Å²) in [5.74, 6) is 0.499. The van der Waals surface area contributed by atoms with Crippen molar-refractivity contribution in [3.63, 3.8) is 0 Å². The molecule has 0 saturated carbocycles. The van der Waals surface area contributed by atoms with Gasteiger partial charge in [-0.15, -0.1) is 11.3 Å². The first kappa shape index (κ1) is 23.2. The van der Waals surface area contributed by atoms with Gasteiger partial charge in [0.15, 0.2) is 11.6 Å². The van der Waals surface area contributed by atoms with Crippen LogP contribution in [0.25, 0.3) is 10.2 Å². The maximum atomic E-state index is 14.0. The SMILES string of the molecule is COc1ccc(CN2CCN(CC(=O)N3CCCC(c4nc5ccccc5s4)C3)CC2)cc1F. The number of halogens is 1. The Morgan fingerprint density at radius 3 is 2.68 bits per heavy atom. The summed E-state index contributed by atoms with van der Waals surface area (Å²) in [6, 6.07) is 13.4. The quantitative estimate of drug-likeness (QED) is 0.532. The molecule has 5 rings (SSSR count). The number of likely N-dealkylation sites (tertiary alicyclic amines) is 1. The van der Waals surface area contributed by atoms with Crippen LogP contribution in [-0.2, 0) is 11.3 Å². The van der Waals surface area contributed by atoms with Crippen LogP contribution in [0.3, 0.4) is 0 Å². The highest BCUT2D eigenvalue weighted by Gasteiger charge is 2.28. The van der Waals surface area contributed by atoms with Gasteiger partial charge in [0.25, 0.3) is 0 Å². The second-order valence-electron chi connectivity index (χ2n) is 9.22. The molecular weight excluding hydrogens is 451 g/mol. The Labute approximate surface area is 203 Å². The fraction of sp³-hybridized carbons (Fsp3) is 0.462. The van der Waals surface area contributed by atoms with Gasteiger partial charge in [0.1, 0.15) is 0 Å². The molecule has 180 valence electrons. The maximum absolute atomic E-state index is 14.0. The van der Waals surface area contributed by atoms with Crippen molar-refractivity contribution in [3.8, 4) is 5.75 Å². The summed E-state index contributed by atoms with van der Waals surface area (Å²) in [5.41, 5.74) is 2.00. The number of carbonyl (C=O) groups is 1. The number of hydrogen-bond acceptors (Lipinski definition) is 6. The van der Waals surface area contributed by atoms with Crippen molar-refractivity contribution in [2.45, 2.75) is 25.3 Å². The van der Waals surface area contributed by atoms with Crippen LogP contribution in [0.15, 0.2) is 42.5 Å². The summed E-state index contributed by atoms with van der Waals surface area (Å²) in [7, 11) is 1.48. The molecule has 1 aromatic heterocycles. The van der Waals surface area contributed by atoms with Crippen LogP contribution in [0.4, 0.5) is 4.39 Å². The zero-order valence-electron chi connectivity index (χ0n) is 19.6. The molecule has 3 aromatic rings. The van der Waals surface area contributed by atoms with E-state index in [0.29, 0.717) is 19.0 Å². The number of carbonyl (C=O) groups excluding carboxylic acids is 1. The number of hydrogen-bond donors (Lipinski definition) is 0. The van der Waals surface area contributed by atoms with E-state index in [1.54, 1.807) is 23.5 Å². The first-order valence-electron chi connectivity index (χ1n) is 12.0. The average Bonchev–Trinajstić information content (AvgIpc) is 3.30. The normalized spacial score (nSPS) is 20.1. The van der Waals surface area contributed by atoms with Crippen molar-refractivity contribution >= 4 is 27.5 Å². The first-order chi connectivity index (χ1) is 16.6. The van der Waals surface area contributed by atoms with Crippen molar-refractivity contribution in [2.75, 3.05) is 52.9 Å². The number of piperidine rings is 1. The smallest absolute Gasteiger partial charge is 0.236 e. The number of piperazine rings is 1. The van der Waals surface area contributed by atoms with Crippen molar-refractivity contribution in [1.82, 2.24) is 19.7 Å². The highest BCUT2D eigenvalue weighted by molar-refractivity contribution is 7.18. The van der Waals surface area contributed by atoms with Crippen molar-refractivity contribution in [1.29, 1.82) is 0 Å². The molecule has 3 heterocycles. The lowest BCUT2D eigenvalue weighted by atomic mass is 9.98. The number of thiazole rings is 1. The third-order valence-corrected chi connectivity index (χ3v) is 8.08. The molecule has 1 unspecified atom stereocenters. The summed E-state index contributed by atoms with van der Waals surface area (Å²) in [4.78, 5) is 24.5. The molecule has 0 spiro atoms. The van der Waals surface area contributed by atoms with Crippen LogP contribution in [0.1, 0.15) is 29.3 Å². The molecule has 8 heteroatoms. The molecule has 0 N–H and O–H groups in total. The number of benzene rings is 2. The van der Waals surface area contributed by atoms with Gasteiger partial charge in [-0.3, -0.25) is 14.6 Å². The zero-order valence-corrected chi connectivity index (χ0v) is 20.4. The van der Waals surface area contributed by atoms with Gasteiger partial charge in [0, 0.05) is 51.7 Å². The second kappa shape index (κ2) is 10.4. The Balaban J connectivity index is 1.11. The van der Waals surface area contributed by atoms with Crippen LogP contribution in [0, 0.1) is 5.82 Å². The monoisotopic (exact) mass is 482 g/mol. The minimum Gasteiger partial charge on any atom is -0.494 e. The molecule has 1 atom stereocenters. The van der Waals surface area contributed by atoms with Crippen LogP contribution in [-0.4, -0.2) is 78.5 Å². The van der Waals surface area contributed by atoms with Crippen LogP contribution in [0.5, 0.6) is 5.75 Å². The molecule has 2 saturated heterocycles. The predicted molar refractivity (Wildman–Crippen MR) is 133 cm³/mol. The molecule has 2 fully saturated rings. The number of ether oxygens (including phenoxy) is 1. The number of rotatable bonds is 6. The Bertz CT molecular complexity index is 1110. The third kappa shape index (κ3) is 5.24. The van der Waals surface area contributed by atoms with Crippen molar-refractivity contribution < 1.29 is 13.9 Å². The Hall–Kier alpha value is -2.55. The number of amides is 1. The van der Waals surface area contributed by atoms with E-state index in [-0.39, 0.29) is 17.5 Å². The molecule has 2 aliphatic rings. The van der Waals surface area contributed by atoms with Crippen molar-refractivity contribution in [3.05, 3.63) is 58.9 Å². The largest absolute Gasteiger partial charge is 0.494 e. The van der Waals surface area contributed by atoms with Gasteiger partial charge in [-0.1, -0.05) is 18.2 Å². The van der Waals surface area contributed by atoms with E-state index in [0.717, 1.165) is 68.2 Å². The van der Waals surface area contributed by atoms with E-state index in [9.17, 15) is 9.18 Å². The highest BCUT2D eigenvalue weighted by atomic mass is 32.1. The molecule has 2 aromatic carbocycles. The van der Waals surface area contributed by atoms with E-state index in [1.165, 1.54) is 11.8 Å². The molecule has 2 aliphatic heterocycles. The lowest BCUT2D eigenvalue weighted by Gasteiger charge is -2.37. The van der Waals surface area contributed by atoms with Gasteiger partial charge in [-0.2, -0.15) is 0 Å². The van der Waals surface area contributed by atoms with E-state index in [4.69, 9.17) is 9.72 Å². The van der Waals surface area contributed by atoms with Gasteiger partial charge >= 0.3 is 0 Å². The van der Waals surface area contributed by atoms with Crippen LogP contribution in [0.2, 0.25) is 0 Å². The molecule has 0 aliphatic carbocycles. The Morgan fingerprint density at radius 1 is 1.12 bits per heavy atom. The van der Waals surface area contributed by atoms with Gasteiger partial charge in [-0.25, -0.2) is 9.37 Å². The lowest BCUT2D eigenvalue weighted by molar-refractivity contribution is -0.134. The van der Waals surface area contributed by atoms with E-state index in [2.05, 4.69) is 28.0 Å². The standard InChI is InChI=1S/C26H31FN4O2S/c1-33-23-9-8-19(15-21(23)27)16-29-11-13-30(14-12-29)18-25(32)31-10-4-5-20(17-31)26-28-22-6-2-3-7-24(22)34-26/h2-3,6-9,15,20H,4-5,10-14,16-18H2,1H3. The fourth-order valence-electron chi connectivity index (χ4n) is 4.93. The summed E-state index contributed by atoms with van der Waals surface area (Å²) in [6.45, 7) is 6.21. The van der Waals surface area contributed by atoms with Crippen LogP contribution < -0.4 is 4.74 Å². The average molecular weight is 483 g/mol. The van der Waals surface area contributed by atoms with Gasteiger partial charge in [-0.05, 0) is 42.7 Å². The third-order valence-electron chi connectivity index (χ3n) is 6.88. The topological polar surface area (TPSA) is 48.9 Å². The molecule has 34 heavy (non-hydrogen) atoms. The van der Waals surface area contributed by atoms with E-state index >= 15 is 0 Å². The summed E-state index contributed by atoms with van der Waals surface area (Å²) in [5, 5.41) is 1.15. The minimum absolute atomic E-state index is 0.219. The molecule has 0 bridgehead atoms. The first-order valence-corrected chi connectivity index (χ1v) is 12.8. The highest BCUT2D eigenvalue weighted by Crippen LogP contribution is 2.33. The Kier molecular flexibility index (Phi) is 7.08. The lowest BCUT2D eigenvalue weighted by Crippen LogP contribution is -2.50. The summed E-state index contributed by atoms with van der Waals surface area (Å²) < 4.78 is 20.2. The van der Waals surface area contributed by atoms with Gasteiger partial charge in [0.2, 0.25) is 5.91 Å². The Morgan fingerprint density at radius 2 is 1.91 bits per heavy atom. The van der Waals surface area contributed by atoms with Crippen LogP contribution >= 0.6 is 11.3 Å². The summed E-state index contributed by atoms with van der Waals surface area (Å²) in [6.07, 6.45) is 2.12. The van der Waals surface area contributed by atoms with Crippen molar-refractivity contribution in [2.24, 2.45) is 0 Å². The number of methoxy groups -OCH3 is 1. The number of nitrogens with zero attached hydrogens (tertiary/aromatic N) is 4. The zero-order chi connectivity index (χ0) is 23.5. The van der Waals surface area contributed by atoms with E-state index in [1.807, 2.05) is 17.0 Å². The number of fused-ring (bicyclic) bond motifs is 1. The number of aromatic nitrogens is 1. The second-order valence-corrected chi connectivity index (χ2v) is 10.3. The molecule has 0 radical (unpaired) electrons. The number of para-hydroxylation sites is 1.